The number of likely N-dealkylation sites (tertiary alicyclic amines) is 1. The fourth-order valence-corrected chi connectivity index (χ4v) is 4.81. The normalized spacial score (nSPS) is 19.9. The fraction of sp³-hybridized carbons (Fsp3) is 0.682. The number of piperidine rings is 1. The van der Waals surface area contributed by atoms with Crippen LogP contribution in [0.3, 0.4) is 0 Å². The van der Waals surface area contributed by atoms with E-state index in [-0.39, 0.29) is 24.0 Å². The molecule has 7 nitrogen and oxygen atoms in total. The van der Waals surface area contributed by atoms with Crippen molar-refractivity contribution in [2.45, 2.75) is 58.6 Å². The molecule has 0 saturated carbocycles. The minimum Gasteiger partial charge on any atom is -0.465 e. The maximum atomic E-state index is 12.9. The molecule has 2 aliphatic rings. The lowest BCUT2D eigenvalue weighted by Gasteiger charge is -2.40. The van der Waals surface area contributed by atoms with Gasteiger partial charge < -0.3 is 14.4 Å². The summed E-state index contributed by atoms with van der Waals surface area (Å²) in [5.74, 6) is 0.0110. The van der Waals surface area contributed by atoms with Gasteiger partial charge in [0.15, 0.2) is 0 Å². The van der Waals surface area contributed by atoms with Crippen molar-refractivity contribution >= 4 is 29.0 Å². The average Bonchev–Trinajstić information content (AvgIpc) is 3.23. The first kappa shape index (κ1) is 22.7. The second-order valence-corrected chi connectivity index (χ2v) is 9.71. The molecule has 0 N–H and O–H groups in total. The molecule has 1 fully saturated rings. The first-order valence-electron chi connectivity index (χ1n) is 10.8. The van der Waals surface area contributed by atoms with Gasteiger partial charge >= 0.3 is 12.1 Å². The Labute approximate surface area is 183 Å². The number of esters is 1. The maximum absolute atomic E-state index is 12.9. The molecule has 1 atom stereocenters. The smallest absolute Gasteiger partial charge is 0.410 e. The van der Waals surface area contributed by atoms with Crippen LogP contribution >= 0.6 is 11.3 Å². The molecule has 0 spiro atoms. The molecule has 1 aromatic heterocycles. The highest BCUT2D eigenvalue weighted by atomic mass is 32.1. The average molecular weight is 436 g/mol. The van der Waals surface area contributed by atoms with Gasteiger partial charge in [0.25, 0.3) is 0 Å². The molecule has 30 heavy (non-hydrogen) atoms. The maximum Gasteiger partial charge on any atom is 0.410 e. The Morgan fingerprint density at radius 3 is 2.53 bits per heavy atom. The third-order valence-electron chi connectivity index (χ3n) is 5.51. The second-order valence-electron chi connectivity index (χ2n) is 8.81. The number of nitrogens with zero attached hydrogens (tertiary/aromatic N) is 3. The van der Waals surface area contributed by atoms with Crippen LogP contribution in [0.5, 0.6) is 0 Å². The lowest BCUT2D eigenvalue weighted by molar-refractivity contribution is -0.152. The zero-order chi connectivity index (χ0) is 21.7. The summed E-state index contributed by atoms with van der Waals surface area (Å²) in [6.45, 7) is 10.6. The number of carbonyl (C=O) groups is 2. The minimum absolute atomic E-state index is 0.153. The number of thiazole rings is 1. The van der Waals surface area contributed by atoms with Crippen LogP contribution < -0.4 is 0 Å². The molecular formula is C22H33N3O4S. The second kappa shape index (κ2) is 9.92. The minimum atomic E-state index is -0.503. The van der Waals surface area contributed by atoms with E-state index in [1.165, 1.54) is 5.57 Å². The van der Waals surface area contributed by atoms with Gasteiger partial charge in [0.05, 0.1) is 6.61 Å². The Hall–Kier alpha value is -1.93. The first-order valence-corrected chi connectivity index (χ1v) is 11.6. The van der Waals surface area contributed by atoms with Crippen molar-refractivity contribution in [1.29, 1.82) is 0 Å². The topological polar surface area (TPSA) is 72.0 Å². The van der Waals surface area contributed by atoms with Crippen molar-refractivity contribution < 1.29 is 19.1 Å². The molecule has 2 aliphatic heterocycles. The standard InChI is InChI=1S/C22H33N3O4S/c1-5-28-20(26)18(24-11-8-17(9-12-24)19-23-10-15-30-19)16-6-13-25(14-7-16)21(27)29-22(2,3)4/h8,10,15-16,18H,5-7,9,11-14H2,1-4H3. The van der Waals surface area contributed by atoms with E-state index in [2.05, 4.69) is 16.0 Å². The lowest BCUT2D eigenvalue weighted by Crippen LogP contribution is -2.52. The van der Waals surface area contributed by atoms with Crippen LogP contribution in [0.1, 0.15) is 52.0 Å². The van der Waals surface area contributed by atoms with E-state index in [4.69, 9.17) is 9.47 Å². The fourth-order valence-electron chi connectivity index (χ4n) is 4.11. The SMILES string of the molecule is CCOC(=O)C(C1CCN(C(=O)OC(C)(C)C)CC1)N1CC=C(c2nccs2)CC1. The highest BCUT2D eigenvalue weighted by Crippen LogP contribution is 2.30. The molecule has 0 aromatic carbocycles. The van der Waals surface area contributed by atoms with E-state index in [0.717, 1.165) is 30.8 Å². The quantitative estimate of drug-likeness (QED) is 0.655. The zero-order valence-electron chi connectivity index (χ0n) is 18.4. The van der Waals surface area contributed by atoms with Gasteiger partial charge in [0, 0.05) is 37.8 Å². The van der Waals surface area contributed by atoms with Gasteiger partial charge in [-0.15, -0.1) is 11.3 Å². The Balaban J connectivity index is 1.64. The predicted molar refractivity (Wildman–Crippen MR) is 117 cm³/mol. The molecule has 1 aromatic rings. The highest BCUT2D eigenvalue weighted by molar-refractivity contribution is 7.10. The molecule has 1 unspecified atom stereocenters. The van der Waals surface area contributed by atoms with Gasteiger partial charge in [0.1, 0.15) is 16.7 Å². The molecule has 3 rings (SSSR count). The Morgan fingerprint density at radius 2 is 2.00 bits per heavy atom. The third kappa shape index (κ3) is 5.82. The van der Waals surface area contributed by atoms with Crippen LogP contribution in [0.2, 0.25) is 0 Å². The molecule has 1 amide bonds. The summed E-state index contributed by atoms with van der Waals surface area (Å²) in [4.78, 5) is 33.6. The van der Waals surface area contributed by atoms with Crippen molar-refractivity contribution in [1.82, 2.24) is 14.8 Å². The summed E-state index contributed by atoms with van der Waals surface area (Å²) < 4.78 is 10.9. The third-order valence-corrected chi connectivity index (χ3v) is 6.36. The van der Waals surface area contributed by atoms with E-state index in [0.29, 0.717) is 26.2 Å². The van der Waals surface area contributed by atoms with Crippen molar-refractivity contribution in [3.63, 3.8) is 0 Å². The van der Waals surface area contributed by atoms with Gasteiger partial charge in [-0.3, -0.25) is 9.69 Å². The highest BCUT2D eigenvalue weighted by Gasteiger charge is 2.38. The number of amides is 1. The van der Waals surface area contributed by atoms with Crippen molar-refractivity contribution in [2.24, 2.45) is 5.92 Å². The van der Waals surface area contributed by atoms with Crippen LogP contribution in [-0.4, -0.2) is 71.3 Å². The van der Waals surface area contributed by atoms with Gasteiger partial charge in [-0.2, -0.15) is 0 Å². The van der Waals surface area contributed by atoms with Gasteiger partial charge in [-0.1, -0.05) is 6.08 Å². The van der Waals surface area contributed by atoms with Gasteiger partial charge in [-0.25, -0.2) is 9.78 Å². The monoisotopic (exact) mass is 435 g/mol. The van der Waals surface area contributed by atoms with Crippen LogP contribution in [-0.2, 0) is 14.3 Å². The Kier molecular flexibility index (Phi) is 7.52. The van der Waals surface area contributed by atoms with Gasteiger partial charge in [0.2, 0.25) is 0 Å². The molecule has 8 heteroatoms. The van der Waals surface area contributed by atoms with Crippen LogP contribution in [0.15, 0.2) is 17.7 Å². The predicted octanol–water partition coefficient (Wildman–Crippen LogP) is 3.81. The van der Waals surface area contributed by atoms with E-state index in [1.54, 1.807) is 16.2 Å². The van der Waals surface area contributed by atoms with Crippen molar-refractivity contribution in [2.75, 3.05) is 32.8 Å². The van der Waals surface area contributed by atoms with E-state index < -0.39 is 5.60 Å². The Bertz CT molecular complexity index is 749. The number of aromatic nitrogens is 1. The summed E-state index contributed by atoms with van der Waals surface area (Å²) in [6.07, 6.45) is 6.14. The van der Waals surface area contributed by atoms with E-state index in [9.17, 15) is 9.59 Å². The van der Waals surface area contributed by atoms with Crippen LogP contribution in [0.4, 0.5) is 4.79 Å². The lowest BCUT2D eigenvalue weighted by atomic mass is 9.87. The molecule has 0 aliphatic carbocycles. The molecular weight excluding hydrogens is 402 g/mol. The van der Waals surface area contributed by atoms with Gasteiger partial charge in [-0.05, 0) is 58.4 Å². The summed E-state index contributed by atoms with van der Waals surface area (Å²) >= 11 is 1.65. The van der Waals surface area contributed by atoms with E-state index in [1.807, 2.05) is 39.3 Å². The van der Waals surface area contributed by atoms with Crippen molar-refractivity contribution in [3.05, 3.63) is 22.7 Å². The summed E-state index contributed by atoms with van der Waals surface area (Å²) in [6, 6.07) is -0.278. The van der Waals surface area contributed by atoms with Crippen LogP contribution in [0, 0.1) is 5.92 Å². The number of hydrogen-bond donors (Lipinski definition) is 0. The van der Waals surface area contributed by atoms with Crippen molar-refractivity contribution in [3.8, 4) is 0 Å². The zero-order valence-corrected chi connectivity index (χ0v) is 19.2. The number of ether oxygens (including phenoxy) is 2. The number of hydrogen-bond acceptors (Lipinski definition) is 7. The molecule has 0 radical (unpaired) electrons. The molecule has 0 bridgehead atoms. The Morgan fingerprint density at radius 1 is 1.27 bits per heavy atom. The largest absolute Gasteiger partial charge is 0.465 e. The number of carbonyl (C=O) groups excluding carboxylic acids is 2. The first-order chi connectivity index (χ1) is 14.3. The van der Waals surface area contributed by atoms with E-state index >= 15 is 0 Å². The van der Waals surface area contributed by atoms with Crippen LogP contribution in [0.25, 0.3) is 5.57 Å². The number of rotatable bonds is 5. The molecule has 166 valence electrons. The summed E-state index contributed by atoms with van der Waals surface area (Å²) in [7, 11) is 0. The summed E-state index contributed by atoms with van der Waals surface area (Å²) in [5, 5.41) is 3.05. The summed E-state index contributed by atoms with van der Waals surface area (Å²) in [5.41, 5.74) is 0.750. The molecule has 3 heterocycles. The molecule has 1 saturated heterocycles.